The summed E-state index contributed by atoms with van der Waals surface area (Å²) in [6.07, 6.45) is 1.57. The summed E-state index contributed by atoms with van der Waals surface area (Å²) in [5.74, 6) is -4.35. The molecule has 3 amide bonds. The van der Waals surface area contributed by atoms with Gasteiger partial charge in [0.2, 0.25) is 17.7 Å². The SMILES string of the molecule is CC(C)CC(NC(=O)C(C)NC(=O)C(N)CCC(=O)O)C(=O)NC(Cc1c[nH]c2ccccc12)C(=O)O. The number of carboxylic acids is 2. The van der Waals surface area contributed by atoms with Crippen molar-refractivity contribution >= 4 is 40.6 Å². The van der Waals surface area contributed by atoms with Crippen molar-refractivity contribution in [3.63, 3.8) is 0 Å². The number of carbonyl (C=O) groups is 5. The van der Waals surface area contributed by atoms with Crippen molar-refractivity contribution in [3.8, 4) is 0 Å². The van der Waals surface area contributed by atoms with Gasteiger partial charge in [-0.15, -0.1) is 0 Å². The van der Waals surface area contributed by atoms with Crippen LogP contribution in [0.1, 0.15) is 45.6 Å². The maximum absolute atomic E-state index is 13.1. The Kier molecular flexibility index (Phi) is 10.6. The fraction of sp³-hybridized carbons (Fsp3) is 0.480. The third-order valence-electron chi connectivity index (χ3n) is 5.81. The molecule has 0 aliphatic carbocycles. The Morgan fingerprint density at radius 1 is 0.919 bits per heavy atom. The van der Waals surface area contributed by atoms with Gasteiger partial charge in [-0.05, 0) is 37.3 Å². The van der Waals surface area contributed by atoms with E-state index in [1.54, 1.807) is 6.20 Å². The van der Waals surface area contributed by atoms with Gasteiger partial charge < -0.3 is 36.9 Å². The quantitative estimate of drug-likeness (QED) is 0.188. The number of aliphatic carboxylic acids is 2. The molecule has 0 aliphatic rings. The molecule has 0 saturated carbocycles. The van der Waals surface area contributed by atoms with Gasteiger partial charge in [0.15, 0.2) is 0 Å². The number of benzene rings is 1. The molecule has 2 rings (SSSR count). The first-order valence-corrected chi connectivity index (χ1v) is 12.0. The van der Waals surface area contributed by atoms with Crippen molar-refractivity contribution in [2.75, 3.05) is 0 Å². The summed E-state index contributed by atoms with van der Waals surface area (Å²) in [7, 11) is 0. The van der Waals surface area contributed by atoms with Gasteiger partial charge in [-0.25, -0.2) is 4.79 Å². The largest absolute Gasteiger partial charge is 0.481 e. The molecule has 0 fully saturated rings. The minimum absolute atomic E-state index is 0.0118. The number of aromatic nitrogens is 1. The summed E-state index contributed by atoms with van der Waals surface area (Å²) in [4.78, 5) is 63.7. The van der Waals surface area contributed by atoms with Crippen LogP contribution < -0.4 is 21.7 Å². The Bertz CT molecular complexity index is 1130. The highest BCUT2D eigenvalue weighted by Gasteiger charge is 2.30. The van der Waals surface area contributed by atoms with E-state index in [9.17, 15) is 29.1 Å². The molecule has 4 unspecified atom stereocenters. The summed E-state index contributed by atoms with van der Waals surface area (Å²) < 4.78 is 0. The first-order chi connectivity index (χ1) is 17.4. The lowest BCUT2D eigenvalue weighted by molar-refractivity contribution is -0.142. The average molecular weight is 518 g/mol. The molecule has 4 atom stereocenters. The van der Waals surface area contributed by atoms with Gasteiger partial charge in [-0.1, -0.05) is 32.0 Å². The van der Waals surface area contributed by atoms with E-state index in [2.05, 4.69) is 20.9 Å². The van der Waals surface area contributed by atoms with E-state index in [1.807, 2.05) is 38.1 Å². The molecule has 1 heterocycles. The van der Waals surface area contributed by atoms with Crippen LogP contribution in [0.4, 0.5) is 0 Å². The molecule has 202 valence electrons. The van der Waals surface area contributed by atoms with Crippen LogP contribution in [0.3, 0.4) is 0 Å². The highest BCUT2D eigenvalue weighted by Crippen LogP contribution is 2.19. The van der Waals surface area contributed by atoms with Crippen molar-refractivity contribution in [1.29, 1.82) is 0 Å². The van der Waals surface area contributed by atoms with Crippen molar-refractivity contribution in [3.05, 3.63) is 36.0 Å². The topological polar surface area (TPSA) is 204 Å². The Morgan fingerprint density at radius 2 is 1.57 bits per heavy atom. The van der Waals surface area contributed by atoms with Crippen LogP contribution in [-0.4, -0.2) is 69.0 Å². The number of carboxylic acid groups (broad SMARTS) is 2. The predicted octanol–water partition coefficient (Wildman–Crippen LogP) is 0.508. The van der Waals surface area contributed by atoms with E-state index in [0.717, 1.165) is 16.5 Å². The first-order valence-electron chi connectivity index (χ1n) is 12.0. The van der Waals surface area contributed by atoms with Gasteiger partial charge in [-0.3, -0.25) is 19.2 Å². The Morgan fingerprint density at radius 3 is 2.19 bits per heavy atom. The molecule has 12 heteroatoms. The Labute approximate surface area is 214 Å². The lowest BCUT2D eigenvalue weighted by Crippen LogP contribution is -2.56. The van der Waals surface area contributed by atoms with Gasteiger partial charge in [0.25, 0.3) is 0 Å². The maximum Gasteiger partial charge on any atom is 0.326 e. The number of nitrogens with one attached hydrogen (secondary N) is 4. The monoisotopic (exact) mass is 517 g/mol. The first kappa shape index (κ1) is 29.3. The second-order valence-electron chi connectivity index (χ2n) is 9.42. The molecule has 2 aromatic rings. The molecule has 8 N–H and O–H groups in total. The molecule has 0 saturated heterocycles. The second-order valence-corrected chi connectivity index (χ2v) is 9.42. The number of fused-ring (bicyclic) bond motifs is 1. The minimum atomic E-state index is -1.23. The normalized spacial score (nSPS) is 14.4. The molecule has 0 radical (unpaired) electrons. The number of hydrogen-bond donors (Lipinski definition) is 7. The molecule has 0 aliphatic heterocycles. The maximum atomic E-state index is 13.1. The molecule has 0 spiro atoms. The molecular formula is C25H35N5O7. The molecule has 0 bridgehead atoms. The Balaban J connectivity index is 2.05. The van der Waals surface area contributed by atoms with E-state index in [0.29, 0.717) is 0 Å². The molecule has 1 aromatic heterocycles. The number of para-hydroxylation sites is 1. The molecule has 12 nitrogen and oxygen atoms in total. The molecular weight excluding hydrogens is 482 g/mol. The zero-order chi connectivity index (χ0) is 27.7. The number of hydrogen-bond acceptors (Lipinski definition) is 6. The zero-order valence-corrected chi connectivity index (χ0v) is 21.1. The smallest absolute Gasteiger partial charge is 0.326 e. The van der Waals surface area contributed by atoms with Crippen molar-refractivity contribution in [2.45, 2.75) is 70.6 Å². The number of nitrogens with two attached hydrogens (primary N) is 1. The second kappa shape index (κ2) is 13.4. The fourth-order valence-corrected chi connectivity index (χ4v) is 3.79. The lowest BCUT2D eigenvalue weighted by atomic mass is 10.0. The number of amides is 3. The van der Waals surface area contributed by atoms with Gasteiger partial charge in [0, 0.05) is 29.9 Å². The lowest BCUT2D eigenvalue weighted by Gasteiger charge is -2.25. The van der Waals surface area contributed by atoms with Gasteiger partial charge >= 0.3 is 11.9 Å². The summed E-state index contributed by atoms with van der Waals surface area (Å²) in [6, 6.07) is 2.95. The van der Waals surface area contributed by atoms with Gasteiger partial charge in [0.1, 0.15) is 18.1 Å². The van der Waals surface area contributed by atoms with Gasteiger partial charge in [0.05, 0.1) is 6.04 Å². The molecule has 37 heavy (non-hydrogen) atoms. The highest BCUT2D eigenvalue weighted by atomic mass is 16.4. The number of H-pyrrole nitrogens is 1. The third-order valence-corrected chi connectivity index (χ3v) is 5.81. The van der Waals surface area contributed by atoms with Crippen LogP contribution in [0, 0.1) is 5.92 Å². The minimum Gasteiger partial charge on any atom is -0.481 e. The van der Waals surface area contributed by atoms with Crippen LogP contribution in [0.5, 0.6) is 0 Å². The van der Waals surface area contributed by atoms with Crippen LogP contribution >= 0.6 is 0 Å². The van der Waals surface area contributed by atoms with E-state index >= 15 is 0 Å². The standard InChI is InChI=1S/C25H35N5O7/c1-13(2)10-19(29-22(33)14(3)28-23(34)17(26)8-9-21(31)32)24(35)30-20(25(36)37)11-15-12-27-18-7-5-4-6-16(15)18/h4-7,12-14,17,19-20,27H,8-11,26H2,1-3H3,(H,28,34)(H,29,33)(H,30,35)(H,31,32)(H,36,37). The van der Waals surface area contributed by atoms with Crippen molar-refractivity contribution < 1.29 is 34.2 Å². The van der Waals surface area contributed by atoms with Crippen molar-refractivity contribution in [2.24, 2.45) is 11.7 Å². The summed E-state index contributed by atoms with van der Waals surface area (Å²) in [5.41, 5.74) is 7.24. The van der Waals surface area contributed by atoms with Crippen LogP contribution in [0.15, 0.2) is 30.5 Å². The van der Waals surface area contributed by atoms with E-state index in [-0.39, 0.29) is 31.6 Å². The van der Waals surface area contributed by atoms with E-state index in [4.69, 9.17) is 10.8 Å². The van der Waals surface area contributed by atoms with Crippen LogP contribution in [0.2, 0.25) is 0 Å². The fourth-order valence-electron chi connectivity index (χ4n) is 3.79. The molecule has 1 aromatic carbocycles. The number of carbonyl (C=O) groups excluding carboxylic acids is 3. The van der Waals surface area contributed by atoms with E-state index in [1.165, 1.54) is 6.92 Å². The highest BCUT2D eigenvalue weighted by molar-refractivity contribution is 5.94. The summed E-state index contributed by atoms with van der Waals surface area (Å²) >= 11 is 0. The van der Waals surface area contributed by atoms with Crippen molar-refractivity contribution in [1.82, 2.24) is 20.9 Å². The summed E-state index contributed by atoms with van der Waals surface area (Å²) in [5, 5.41) is 26.8. The Hall–Kier alpha value is -3.93. The zero-order valence-electron chi connectivity index (χ0n) is 21.1. The predicted molar refractivity (Wildman–Crippen MR) is 135 cm³/mol. The average Bonchev–Trinajstić information content (AvgIpc) is 3.23. The number of rotatable bonds is 14. The summed E-state index contributed by atoms with van der Waals surface area (Å²) in [6.45, 7) is 5.10. The third kappa shape index (κ3) is 8.90. The number of aromatic amines is 1. The van der Waals surface area contributed by atoms with Gasteiger partial charge in [-0.2, -0.15) is 0 Å². The van der Waals surface area contributed by atoms with E-state index < -0.39 is 53.8 Å². The van der Waals surface area contributed by atoms with Crippen LogP contribution in [-0.2, 0) is 30.4 Å². The van der Waals surface area contributed by atoms with Crippen LogP contribution in [0.25, 0.3) is 10.9 Å².